The Hall–Kier alpha value is -2.41. The summed E-state index contributed by atoms with van der Waals surface area (Å²) in [5.74, 6) is -0.290. The smallest absolute Gasteiger partial charge is 0.239 e. The topological polar surface area (TPSA) is 63.7 Å². The van der Waals surface area contributed by atoms with Crippen molar-refractivity contribution in [1.29, 1.82) is 0 Å². The quantitative estimate of drug-likeness (QED) is 0.851. The van der Waals surface area contributed by atoms with Gasteiger partial charge in [-0.3, -0.25) is 9.10 Å². The normalized spacial score (nSPS) is 14.4. The molecule has 3 rings (SSSR count). The van der Waals surface area contributed by atoms with E-state index in [1.165, 1.54) is 35.7 Å². The highest BCUT2D eigenvalue weighted by atomic mass is 32.2. The minimum absolute atomic E-state index is 0.0989. The Balaban J connectivity index is 1.96. The lowest BCUT2D eigenvalue weighted by atomic mass is 10.0. The van der Waals surface area contributed by atoms with Crippen molar-refractivity contribution in [3.8, 4) is 5.75 Å². The first-order valence-electron chi connectivity index (χ1n) is 7.37. The second-order valence-electron chi connectivity index (χ2n) is 5.51. The summed E-state index contributed by atoms with van der Waals surface area (Å²) < 4.78 is 44.8. The molecule has 5 nitrogen and oxygen atoms in total. The fourth-order valence-corrected chi connectivity index (χ4v) is 4.30. The van der Waals surface area contributed by atoms with Gasteiger partial charge in [-0.1, -0.05) is 12.1 Å². The van der Waals surface area contributed by atoms with Crippen molar-refractivity contribution in [3.63, 3.8) is 0 Å². The Morgan fingerprint density at radius 1 is 1.17 bits per heavy atom. The third-order valence-electron chi connectivity index (χ3n) is 3.91. The summed E-state index contributed by atoms with van der Waals surface area (Å²) in [6.45, 7) is 0.0989. The fourth-order valence-electron chi connectivity index (χ4n) is 2.70. The summed E-state index contributed by atoms with van der Waals surface area (Å²) in [4.78, 5) is 12.1. The second-order valence-corrected chi connectivity index (χ2v) is 7.40. The lowest BCUT2D eigenvalue weighted by Crippen LogP contribution is -2.38. The molecule has 0 fully saturated rings. The number of hydrogen-bond donors (Lipinski definition) is 0. The number of halogens is 1. The van der Waals surface area contributed by atoms with Crippen LogP contribution in [0.2, 0.25) is 0 Å². The number of methoxy groups -OCH3 is 1. The summed E-state index contributed by atoms with van der Waals surface area (Å²) in [5, 5.41) is 0. The molecule has 1 aliphatic heterocycles. The van der Waals surface area contributed by atoms with E-state index >= 15 is 0 Å². The zero-order valence-corrected chi connectivity index (χ0v) is 13.8. The van der Waals surface area contributed by atoms with E-state index in [1.54, 1.807) is 18.2 Å². The molecule has 1 heterocycles. The highest BCUT2D eigenvalue weighted by Crippen LogP contribution is 2.33. The van der Waals surface area contributed by atoms with Gasteiger partial charge in [-0.05, 0) is 35.9 Å². The minimum atomic E-state index is -3.69. The molecule has 7 heteroatoms. The van der Waals surface area contributed by atoms with Crippen molar-refractivity contribution in [3.05, 3.63) is 59.4 Å². The first-order chi connectivity index (χ1) is 11.4. The van der Waals surface area contributed by atoms with E-state index in [4.69, 9.17) is 4.74 Å². The average Bonchev–Trinajstić information content (AvgIpc) is 2.56. The Labute approximate surface area is 139 Å². The van der Waals surface area contributed by atoms with Crippen molar-refractivity contribution in [2.24, 2.45) is 0 Å². The zero-order chi connectivity index (χ0) is 17.3. The Morgan fingerprint density at radius 3 is 2.54 bits per heavy atom. The van der Waals surface area contributed by atoms with Gasteiger partial charge in [-0.15, -0.1) is 0 Å². The van der Waals surface area contributed by atoms with Gasteiger partial charge in [0.25, 0.3) is 0 Å². The number of carbonyl (C=O) groups is 1. The third-order valence-corrected chi connectivity index (χ3v) is 5.66. The molecule has 0 aromatic heterocycles. The number of carbonyl (C=O) groups excluding carboxylic acids is 1. The lowest BCUT2D eigenvalue weighted by Gasteiger charge is -2.30. The second kappa shape index (κ2) is 6.24. The van der Waals surface area contributed by atoms with Crippen molar-refractivity contribution in [2.45, 2.75) is 12.2 Å². The van der Waals surface area contributed by atoms with Gasteiger partial charge in [0.2, 0.25) is 10.0 Å². The summed E-state index contributed by atoms with van der Waals surface area (Å²) >= 11 is 0. The maximum atomic E-state index is 13.0. The van der Waals surface area contributed by atoms with E-state index in [-0.39, 0.29) is 24.5 Å². The van der Waals surface area contributed by atoms with E-state index < -0.39 is 15.8 Å². The number of anilines is 1. The maximum Gasteiger partial charge on any atom is 0.239 e. The molecule has 0 atom stereocenters. The van der Waals surface area contributed by atoms with E-state index in [0.717, 1.165) is 0 Å². The van der Waals surface area contributed by atoms with Crippen LogP contribution in [0.1, 0.15) is 22.3 Å². The Kier molecular flexibility index (Phi) is 4.28. The van der Waals surface area contributed by atoms with Crippen LogP contribution in [0.25, 0.3) is 0 Å². The number of ether oxygens (including phenoxy) is 1. The molecule has 126 valence electrons. The molecular weight excluding hydrogens is 333 g/mol. The van der Waals surface area contributed by atoms with Crippen molar-refractivity contribution in [2.75, 3.05) is 18.0 Å². The van der Waals surface area contributed by atoms with Crippen LogP contribution >= 0.6 is 0 Å². The van der Waals surface area contributed by atoms with Crippen molar-refractivity contribution in [1.82, 2.24) is 0 Å². The molecule has 0 aliphatic carbocycles. The predicted octanol–water partition coefficient (Wildman–Crippen LogP) is 2.76. The number of ketones is 1. The van der Waals surface area contributed by atoms with Crippen molar-refractivity contribution < 1.29 is 22.3 Å². The van der Waals surface area contributed by atoms with Crippen LogP contribution in [-0.2, 0) is 15.8 Å². The van der Waals surface area contributed by atoms with Crippen LogP contribution in [0.5, 0.6) is 5.75 Å². The fraction of sp³-hybridized carbons (Fsp3) is 0.235. The van der Waals surface area contributed by atoms with Gasteiger partial charge in [-0.2, -0.15) is 0 Å². The number of Topliss-reactive ketones (excluding diaryl/α,β-unsaturated/α-hetero) is 1. The third kappa shape index (κ3) is 3.12. The highest BCUT2D eigenvalue weighted by molar-refractivity contribution is 7.92. The molecule has 0 saturated heterocycles. The van der Waals surface area contributed by atoms with Crippen LogP contribution in [-0.4, -0.2) is 27.9 Å². The molecule has 0 bridgehead atoms. The molecule has 1 aliphatic rings. The standard InChI is InChI=1S/C17H16FNO4S/c1-23-14-6-7-16-15(10-14)17(20)8-9-19(16)24(21,22)11-12-2-4-13(18)5-3-12/h2-7,10H,8-9,11H2,1H3. The van der Waals surface area contributed by atoms with Gasteiger partial charge in [0.1, 0.15) is 11.6 Å². The van der Waals surface area contributed by atoms with Gasteiger partial charge in [-0.25, -0.2) is 12.8 Å². The first-order valence-corrected chi connectivity index (χ1v) is 8.98. The predicted molar refractivity (Wildman–Crippen MR) is 88.3 cm³/mol. The zero-order valence-electron chi connectivity index (χ0n) is 13.0. The molecule has 24 heavy (non-hydrogen) atoms. The van der Waals surface area contributed by atoms with Crippen LogP contribution in [0.4, 0.5) is 10.1 Å². The number of hydrogen-bond acceptors (Lipinski definition) is 4. The number of fused-ring (bicyclic) bond motifs is 1. The molecule has 0 spiro atoms. The van der Waals surface area contributed by atoms with Crippen LogP contribution < -0.4 is 9.04 Å². The molecule has 0 unspecified atom stereocenters. The molecule has 0 N–H and O–H groups in total. The number of sulfonamides is 1. The van der Waals surface area contributed by atoms with Gasteiger partial charge in [0.15, 0.2) is 5.78 Å². The number of nitrogens with zero attached hydrogens (tertiary/aromatic N) is 1. The molecule has 0 amide bonds. The van der Waals surface area contributed by atoms with E-state index in [1.807, 2.05) is 0 Å². The van der Waals surface area contributed by atoms with Gasteiger partial charge in [0, 0.05) is 18.5 Å². The molecule has 2 aromatic carbocycles. The van der Waals surface area contributed by atoms with Crippen LogP contribution in [0.15, 0.2) is 42.5 Å². The SMILES string of the molecule is COc1ccc2c(c1)C(=O)CCN2S(=O)(=O)Cc1ccc(F)cc1. The van der Waals surface area contributed by atoms with E-state index in [0.29, 0.717) is 22.6 Å². The number of rotatable bonds is 4. The average molecular weight is 349 g/mol. The van der Waals surface area contributed by atoms with E-state index in [9.17, 15) is 17.6 Å². The highest BCUT2D eigenvalue weighted by Gasteiger charge is 2.31. The summed E-state index contributed by atoms with van der Waals surface area (Å²) in [5.41, 5.74) is 1.18. The molecule has 0 saturated carbocycles. The summed E-state index contributed by atoms with van der Waals surface area (Å²) in [7, 11) is -2.20. The summed E-state index contributed by atoms with van der Waals surface area (Å²) in [6.07, 6.45) is 0.114. The Bertz CT molecular complexity index is 878. The molecule has 2 aromatic rings. The molecule has 0 radical (unpaired) electrons. The van der Waals surface area contributed by atoms with E-state index in [2.05, 4.69) is 0 Å². The van der Waals surface area contributed by atoms with Gasteiger partial charge in [0.05, 0.1) is 18.6 Å². The van der Waals surface area contributed by atoms with Gasteiger partial charge >= 0.3 is 0 Å². The summed E-state index contributed by atoms with van der Waals surface area (Å²) in [6, 6.07) is 10.1. The minimum Gasteiger partial charge on any atom is -0.497 e. The lowest BCUT2D eigenvalue weighted by molar-refractivity contribution is 0.0981. The Morgan fingerprint density at radius 2 is 1.88 bits per heavy atom. The first kappa shape index (κ1) is 16.4. The van der Waals surface area contributed by atoms with Gasteiger partial charge < -0.3 is 4.74 Å². The van der Waals surface area contributed by atoms with Crippen molar-refractivity contribution >= 4 is 21.5 Å². The maximum absolute atomic E-state index is 13.0. The monoisotopic (exact) mass is 349 g/mol. The molecular formula is C17H16FNO4S. The number of benzene rings is 2. The largest absolute Gasteiger partial charge is 0.497 e. The van der Waals surface area contributed by atoms with Crippen LogP contribution in [0, 0.1) is 5.82 Å². The van der Waals surface area contributed by atoms with Crippen LogP contribution in [0.3, 0.4) is 0 Å².